The van der Waals surface area contributed by atoms with E-state index in [0.29, 0.717) is 17.7 Å². The summed E-state index contributed by atoms with van der Waals surface area (Å²) >= 11 is 0. The summed E-state index contributed by atoms with van der Waals surface area (Å²) in [5, 5.41) is 0. The number of likely N-dealkylation sites (tertiary alicyclic amines) is 1. The lowest BCUT2D eigenvalue weighted by molar-refractivity contribution is -0.149. The van der Waals surface area contributed by atoms with E-state index < -0.39 is 0 Å². The molecule has 2 heterocycles. The Morgan fingerprint density at radius 3 is 1.90 bits per heavy atom. The predicted molar refractivity (Wildman–Crippen MR) is 125 cm³/mol. The summed E-state index contributed by atoms with van der Waals surface area (Å²) in [6.45, 7) is 24.2. The zero-order valence-electron chi connectivity index (χ0n) is 20.8. The lowest BCUT2D eigenvalue weighted by Crippen LogP contribution is -2.53. The molecule has 1 saturated carbocycles. The van der Waals surface area contributed by atoms with Crippen molar-refractivity contribution in [3.63, 3.8) is 0 Å². The molecule has 3 fully saturated rings. The van der Waals surface area contributed by atoms with Gasteiger partial charge in [-0.2, -0.15) is 0 Å². The Bertz CT molecular complexity index is 492. The molecule has 5 nitrogen and oxygen atoms in total. The molecular formula is C25H49N3O2. The topological polar surface area (TPSA) is 28.2 Å². The van der Waals surface area contributed by atoms with Crippen molar-refractivity contribution < 1.29 is 9.47 Å². The average molecular weight is 424 g/mol. The van der Waals surface area contributed by atoms with Gasteiger partial charge in [-0.25, -0.2) is 0 Å². The Morgan fingerprint density at radius 1 is 0.733 bits per heavy atom. The van der Waals surface area contributed by atoms with Gasteiger partial charge in [0.05, 0.1) is 24.4 Å². The Morgan fingerprint density at radius 2 is 1.33 bits per heavy atom. The zero-order valence-corrected chi connectivity index (χ0v) is 20.8. The molecule has 0 aromatic rings. The van der Waals surface area contributed by atoms with Crippen LogP contribution in [0, 0.1) is 5.92 Å². The van der Waals surface area contributed by atoms with Crippen molar-refractivity contribution in [3.05, 3.63) is 0 Å². The van der Waals surface area contributed by atoms with Crippen LogP contribution in [0.15, 0.2) is 0 Å². The Balaban J connectivity index is 1.19. The second-order valence-corrected chi connectivity index (χ2v) is 11.9. The zero-order chi connectivity index (χ0) is 21.8. The molecule has 0 N–H and O–H groups in total. The first-order chi connectivity index (χ1) is 14.1. The summed E-state index contributed by atoms with van der Waals surface area (Å²) < 4.78 is 12.1. The fourth-order valence-corrected chi connectivity index (χ4v) is 5.10. The quantitative estimate of drug-likeness (QED) is 0.591. The molecule has 0 bridgehead atoms. The Kier molecular flexibility index (Phi) is 8.65. The van der Waals surface area contributed by atoms with Crippen molar-refractivity contribution >= 4 is 0 Å². The second kappa shape index (κ2) is 10.6. The van der Waals surface area contributed by atoms with Crippen molar-refractivity contribution in [2.45, 2.75) is 97.0 Å². The number of piperidine rings is 1. The molecule has 3 aliphatic rings. The van der Waals surface area contributed by atoms with Crippen LogP contribution in [0.5, 0.6) is 0 Å². The molecule has 0 amide bonds. The first kappa shape index (κ1) is 24.4. The fraction of sp³-hybridized carbons (Fsp3) is 1.00. The summed E-state index contributed by atoms with van der Waals surface area (Å²) in [7, 11) is 0. The summed E-state index contributed by atoms with van der Waals surface area (Å²) in [4.78, 5) is 7.93. The third-order valence-electron chi connectivity index (χ3n) is 7.21. The van der Waals surface area contributed by atoms with Gasteiger partial charge in [-0.15, -0.1) is 0 Å². The maximum atomic E-state index is 6.08. The highest BCUT2D eigenvalue weighted by molar-refractivity contribution is 4.84. The minimum Gasteiger partial charge on any atom is -0.377 e. The highest BCUT2D eigenvalue weighted by Gasteiger charge is 2.33. The molecule has 0 atom stereocenters. The van der Waals surface area contributed by atoms with Gasteiger partial charge < -0.3 is 19.3 Å². The van der Waals surface area contributed by atoms with Crippen LogP contribution in [0.2, 0.25) is 0 Å². The van der Waals surface area contributed by atoms with E-state index in [1.165, 1.54) is 65.1 Å². The van der Waals surface area contributed by atoms with E-state index >= 15 is 0 Å². The van der Waals surface area contributed by atoms with E-state index in [2.05, 4.69) is 56.2 Å². The van der Waals surface area contributed by atoms with E-state index in [4.69, 9.17) is 9.47 Å². The summed E-state index contributed by atoms with van der Waals surface area (Å²) in [6, 6.07) is 0. The van der Waals surface area contributed by atoms with Gasteiger partial charge in [-0.1, -0.05) is 0 Å². The largest absolute Gasteiger partial charge is 0.377 e. The number of ether oxygens (including phenoxy) is 2. The van der Waals surface area contributed by atoms with Crippen molar-refractivity contribution in [3.8, 4) is 0 Å². The molecule has 30 heavy (non-hydrogen) atoms. The molecule has 0 aromatic carbocycles. The van der Waals surface area contributed by atoms with Gasteiger partial charge >= 0.3 is 0 Å². The minimum absolute atomic E-state index is 0.0270. The van der Waals surface area contributed by atoms with E-state index in [9.17, 15) is 0 Å². The highest BCUT2D eigenvalue weighted by atomic mass is 16.5. The Hall–Kier alpha value is -0.200. The predicted octanol–water partition coefficient (Wildman–Crippen LogP) is 3.87. The van der Waals surface area contributed by atoms with Crippen LogP contribution in [0.1, 0.15) is 73.6 Å². The average Bonchev–Trinajstić information content (AvgIpc) is 2.64. The van der Waals surface area contributed by atoms with Crippen molar-refractivity contribution in [1.29, 1.82) is 0 Å². The summed E-state index contributed by atoms with van der Waals surface area (Å²) in [5.41, 5.74) is 0.296. The van der Waals surface area contributed by atoms with E-state index in [-0.39, 0.29) is 5.60 Å². The van der Waals surface area contributed by atoms with E-state index in [1.54, 1.807) is 0 Å². The first-order valence-corrected chi connectivity index (χ1v) is 12.6. The SMILES string of the molecule is CC(C)(C)O[C@H]1C[C@H](OCCN2CCC(CCN3CCN(C(C)(C)C)CC3)CC2)C1. The smallest absolute Gasteiger partial charge is 0.0631 e. The molecule has 176 valence electrons. The number of piperazine rings is 1. The molecule has 3 rings (SSSR count). The van der Waals surface area contributed by atoms with E-state index in [0.717, 1.165) is 31.9 Å². The normalized spacial score (nSPS) is 28.6. The van der Waals surface area contributed by atoms with Crippen LogP contribution in [0.25, 0.3) is 0 Å². The van der Waals surface area contributed by atoms with E-state index in [1.807, 2.05) is 0 Å². The lowest BCUT2D eigenvalue weighted by atomic mass is 9.91. The van der Waals surface area contributed by atoms with Gasteiger partial charge in [0, 0.05) is 38.3 Å². The standard InChI is InChI=1S/C25H49N3O2/c1-24(2,3)28-15-13-27(14-16-28)12-9-21-7-10-26(11-8-21)17-18-29-22-19-23(20-22)30-25(4,5)6/h21-23H,7-20H2,1-6H3/t22-,23-. The van der Waals surface area contributed by atoms with Gasteiger partial charge in [0.2, 0.25) is 0 Å². The van der Waals surface area contributed by atoms with Crippen LogP contribution >= 0.6 is 0 Å². The number of hydrogen-bond donors (Lipinski definition) is 0. The number of nitrogens with zero attached hydrogens (tertiary/aromatic N) is 3. The van der Waals surface area contributed by atoms with Gasteiger partial charge in [-0.3, -0.25) is 4.90 Å². The molecule has 0 radical (unpaired) electrons. The van der Waals surface area contributed by atoms with Gasteiger partial charge in [-0.05, 0) is 99.2 Å². The maximum Gasteiger partial charge on any atom is 0.0631 e. The monoisotopic (exact) mass is 423 g/mol. The van der Waals surface area contributed by atoms with Crippen LogP contribution < -0.4 is 0 Å². The van der Waals surface area contributed by atoms with Gasteiger partial charge in [0.1, 0.15) is 0 Å². The third-order valence-corrected chi connectivity index (χ3v) is 7.21. The highest BCUT2D eigenvalue weighted by Crippen LogP contribution is 2.30. The molecule has 0 spiro atoms. The summed E-state index contributed by atoms with van der Waals surface area (Å²) in [6.07, 6.45) is 7.10. The van der Waals surface area contributed by atoms with Gasteiger partial charge in [0.25, 0.3) is 0 Å². The number of rotatable bonds is 8. The minimum atomic E-state index is -0.0270. The summed E-state index contributed by atoms with van der Waals surface area (Å²) in [5.74, 6) is 0.921. The second-order valence-electron chi connectivity index (χ2n) is 11.9. The molecular weight excluding hydrogens is 374 g/mol. The molecule has 5 heteroatoms. The first-order valence-electron chi connectivity index (χ1n) is 12.6. The molecule has 2 aliphatic heterocycles. The van der Waals surface area contributed by atoms with Crippen LogP contribution in [0.4, 0.5) is 0 Å². The van der Waals surface area contributed by atoms with Crippen molar-refractivity contribution in [2.75, 3.05) is 59.0 Å². The van der Waals surface area contributed by atoms with Crippen LogP contribution in [0.3, 0.4) is 0 Å². The maximum absolute atomic E-state index is 6.08. The molecule has 2 saturated heterocycles. The molecule has 1 aliphatic carbocycles. The third kappa shape index (κ3) is 8.05. The molecule has 0 aromatic heterocycles. The van der Waals surface area contributed by atoms with Gasteiger partial charge in [0.15, 0.2) is 0 Å². The number of hydrogen-bond acceptors (Lipinski definition) is 5. The lowest BCUT2D eigenvalue weighted by Gasteiger charge is -2.42. The fourth-order valence-electron chi connectivity index (χ4n) is 5.10. The van der Waals surface area contributed by atoms with Crippen molar-refractivity contribution in [1.82, 2.24) is 14.7 Å². The van der Waals surface area contributed by atoms with Crippen LogP contribution in [-0.2, 0) is 9.47 Å². The van der Waals surface area contributed by atoms with Crippen LogP contribution in [-0.4, -0.2) is 97.0 Å². The Labute approximate surface area is 186 Å². The molecule has 0 unspecified atom stereocenters. The van der Waals surface area contributed by atoms with Crippen molar-refractivity contribution in [2.24, 2.45) is 5.92 Å².